The summed E-state index contributed by atoms with van der Waals surface area (Å²) in [6, 6.07) is 0. The minimum absolute atomic E-state index is 0. The SMILES string of the molecule is CCOP(O)OCC.[H]. The van der Waals surface area contributed by atoms with Crippen LogP contribution in [0.4, 0.5) is 0 Å². The van der Waals surface area contributed by atoms with E-state index in [0.717, 1.165) is 0 Å². The van der Waals surface area contributed by atoms with Crippen LogP contribution >= 0.6 is 8.60 Å². The summed E-state index contributed by atoms with van der Waals surface area (Å²) in [5.74, 6) is 0. The molecule has 0 saturated heterocycles. The third-order valence-corrected chi connectivity index (χ3v) is 1.44. The van der Waals surface area contributed by atoms with E-state index in [-0.39, 0.29) is 1.43 Å². The molecule has 0 aromatic heterocycles. The van der Waals surface area contributed by atoms with Crippen LogP contribution < -0.4 is 0 Å². The highest BCUT2D eigenvalue weighted by Gasteiger charge is 2.00. The van der Waals surface area contributed by atoms with E-state index in [9.17, 15) is 0 Å². The molecule has 0 atom stereocenters. The largest absolute Gasteiger partial charge is 0.329 e. The highest BCUT2D eigenvalue weighted by Crippen LogP contribution is 2.31. The minimum Gasteiger partial charge on any atom is -0.328 e. The maximum atomic E-state index is 8.67. The molecule has 0 rings (SSSR count). The summed E-state index contributed by atoms with van der Waals surface area (Å²) in [7, 11) is -1.58. The Morgan fingerprint density at radius 2 is 1.75 bits per heavy atom. The van der Waals surface area contributed by atoms with Crippen molar-refractivity contribution >= 4 is 8.60 Å². The topological polar surface area (TPSA) is 38.7 Å². The fourth-order valence-corrected chi connectivity index (χ4v) is 0.774. The van der Waals surface area contributed by atoms with Crippen molar-refractivity contribution in [3.05, 3.63) is 0 Å². The molecule has 4 heteroatoms. The predicted octanol–water partition coefficient (Wildman–Crippen LogP) is 1.39. The smallest absolute Gasteiger partial charge is 0.328 e. The quantitative estimate of drug-likeness (QED) is 0.598. The molecule has 0 aromatic carbocycles. The molecule has 0 saturated carbocycles. The lowest BCUT2D eigenvalue weighted by atomic mass is 10.9. The molecule has 0 aromatic rings. The van der Waals surface area contributed by atoms with E-state index in [1.165, 1.54) is 0 Å². The Morgan fingerprint density at radius 3 is 2.00 bits per heavy atom. The normalized spacial score (nSPS) is 10.5. The van der Waals surface area contributed by atoms with Gasteiger partial charge in [-0.25, -0.2) is 0 Å². The third-order valence-electron chi connectivity index (χ3n) is 0.479. The highest BCUT2D eigenvalue weighted by atomic mass is 31.2. The lowest BCUT2D eigenvalue weighted by molar-refractivity contribution is 0.216. The van der Waals surface area contributed by atoms with Crippen LogP contribution in [0.25, 0.3) is 0 Å². The van der Waals surface area contributed by atoms with Crippen molar-refractivity contribution in [3.63, 3.8) is 0 Å². The number of hydrogen-bond acceptors (Lipinski definition) is 3. The average Bonchev–Trinajstić information content (AvgIpc) is 1.68. The first-order chi connectivity index (χ1) is 3.81. The zero-order valence-electron chi connectivity index (χ0n) is 6.13. The maximum Gasteiger partial charge on any atom is 0.329 e. The Morgan fingerprint density at radius 1 is 1.38 bits per heavy atom. The van der Waals surface area contributed by atoms with E-state index in [1.54, 1.807) is 0 Å². The lowest BCUT2D eigenvalue weighted by Crippen LogP contribution is -1.87. The molecule has 0 bridgehead atoms. The zero-order chi connectivity index (χ0) is 6.41. The molecule has 8 heavy (non-hydrogen) atoms. The molecule has 0 spiro atoms. The monoisotopic (exact) mass is 139 g/mol. The van der Waals surface area contributed by atoms with E-state index in [2.05, 4.69) is 9.05 Å². The summed E-state index contributed by atoms with van der Waals surface area (Å²) in [4.78, 5) is 8.67. The lowest BCUT2D eigenvalue weighted by Gasteiger charge is -2.05. The first-order valence-corrected chi connectivity index (χ1v) is 3.69. The molecule has 0 aliphatic heterocycles. The van der Waals surface area contributed by atoms with Crippen LogP contribution in [0.1, 0.15) is 15.3 Å². The van der Waals surface area contributed by atoms with Gasteiger partial charge in [-0.15, -0.1) is 0 Å². The summed E-state index contributed by atoms with van der Waals surface area (Å²) < 4.78 is 9.36. The Labute approximate surface area is 52.1 Å². The van der Waals surface area contributed by atoms with Gasteiger partial charge in [0.1, 0.15) is 0 Å². The molecular weight excluding hydrogens is 127 g/mol. The van der Waals surface area contributed by atoms with E-state index >= 15 is 0 Å². The van der Waals surface area contributed by atoms with E-state index in [0.29, 0.717) is 13.2 Å². The molecule has 1 N–H and O–H groups in total. The second-order valence-electron chi connectivity index (χ2n) is 1.07. The highest BCUT2D eigenvalue weighted by molar-refractivity contribution is 7.40. The molecule has 0 amide bonds. The van der Waals surface area contributed by atoms with Crippen LogP contribution in [-0.4, -0.2) is 18.1 Å². The van der Waals surface area contributed by atoms with Gasteiger partial charge >= 0.3 is 8.60 Å². The minimum atomic E-state index is -1.58. The molecular formula is C4H12O3P. The van der Waals surface area contributed by atoms with Gasteiger partial charge in [0.25, 0.3) is 0 Å². The Bertz CT molecular complexity index is 49.1. The van der Waals surface area contributed by atoms with Crippen LogP contribution in [0.5, 0.6) is 0 Å². The van der Waals surface area contributed by atoms with Crippen molar-refractivity contribution < 1.29 is 15.4 Å². The molecule has 0 fully saturated rings. The standard InChI is InChI=1S/C4H11O3P.H/c1-3-6-8(5)7-4-2;/h5H,3-4H2,1-2H3;. The first-order valence-electron chi connectivity index (χ1n) is 2.56. The summed E-state index contributed by atoms with van der Waals surface area (Å²) in [6.07, 6.45) is 0. The second-order valence-corrected chi connectivity index (χ2v) is 2.07. The van der Waals surface area contributed by atoms with Gasteiger partial charge in [-0.3, -0.25) is 0 Å². The van der Waals surface area contributed by atoms with Gasteiger partial charge < -0.3 is 13.9 Å². The molecule has 0 aliphatic rings. The Hall–Kier alpha value is 0.310. The first kappa shape index (κ1) is 8.31. The van der Waals surface area contributed by atoms with Crippen molar-refractivity contribution in [2.75, 3.05) is 13.2 Å². The second kappa shape index (κ2) is 5.45. The number of rotatable bonds is 4. The Balaban J connectivity index is 0. The maximum absolute atomic E-state index is 8.67. The summed E-state index contributed by atoms with van der Waals surface area (Å²) in [5.41, 5.74) is 0. The van der Waals surface area contributed by atoms with Crippen LogP contribution in [0.2, 0.25) is 0 Å². The summed E-state index contributed by atoms with van der Waals surface area (Å²) in [5, 5.41) is 0. The molecule has 1 radical (unpaired) electrons. The van der Waals surface area contributed by atoms with Crippen molar-refractivity contribution in [3.8, 4) is 0 Å². The van der Waals surface area contributed by atoms with Crippen molar-refractivity contribution in [1.29, 1.82) is 0 Å². The van der Waals surface area contributed by atoms with Gasteiger partial charge in [0.2, 0.25) is 0 Å². The number of hydrogen-bond donors (Lipinski definition) is 1. The summed E-state index contributed by atoms with van der Waals surface area (Å²) in [6.45, 7) is 4.62. The van der Waals surface area contributed by atoms with Gasteiger partial charge in [0.15, 0.2) is 0 Å². The molecule has 0 heterocycles. The van der Waals surface area contributed by atoms with Crippen LogP contribution in [-0.2, 0) is 9.05 Å². The van der Waals surface area contributed by atoms with Gasteiger partial charge in [0, 0.05) is 1.43 Å². The van der Waals surface area contributed by atoms with Crippen LogP contribution in [0.3, 0.4) is 0 Å². The predicted molar refractivity (Wildman–Crippen MR) is 33.5 cm³/mol. The molecule has 51 valence electrons. The van der Waals surface area contributed by atoms with Crippen LogP contribution in [0, 0.1) is 0 Å². The van der Waals surface area contributed by atoms with E-state index in [4.69, 9.17) is 4.89 Å². The van der Waals surface area contributed by atoms with Crippen molar-refractivity contribution in [2.45, 2.75) is 13.8 Å². The van der Waals surface area contributed by atoms with E-state index < -0.39 is 8.60 Å². The van der Waals surface area contributed by atoms with E-state index in [1.807, 2.05) is 13.8 Å². The fraction of sp³-hybridized carbons (Fsp3) is 1.00. The summed E-state index contributed by atoms with van der Waals surface area (Å²) >= 11 is 0. The molecule has 3 nitrogen and oxygen atoms in total. The zero-order valence-corrected chi connectivity index (χ0v) is 6.02. The third kappa shape index (κ3) is 4.47. The van der Waals surface area contributed by atoms with Crippen molar-refractivity contribution in [2.24, 2.45) is 0 Å². The van der Waals surface area contributed by atoms with Gasteiger partial charge in [-0.2, -0.15) is 0 Å². The van der Waals surface area contributed by atoms with Gasteiger partial charge in [-0.1, -0.05) is 0 Å². The average molecular weight is 139 g/mol. The van der Waals surface area contributed by atoms with Crippen LogP contribution in [0.15, 0.2) is 0 Å². The van der Waals surface area contributed by atoms with Gasteiger partial charge in [0.05, 0.1) is 13.2 Å². The van der Waals surface area contributed by atoms with Gasteiger partial charge in [-0.05, 0) is 13.8 Å². The van der Waals surface area contributed by atoms with Crippen molar-refractivity contribution in [1.82, 2.24) is 0 Å². The molecule has 0 aliphatic carbocycles. The fourth-order valence-electron chi connectivity index (χ4n) is 0.258. The molecule has 0 unspecified atom stereocenters. The Kier molecular flexibility index (Phi) is 5.66.